The number of carbonyl (C=O) groups is 2. The Morgan fingerprint density at radius 1 is 0.925 bits per heavy atom. The highest BCUT2D eigenvalue weighted by molar-refractivity contribution is 9.10. The van der Waals surface area contributed by atoms with Gasteiger partial charge in [0.15, 0.2) is 23.1 Å². The molecule has 0 bridgehead atoms. The number of carbonyl (C=O) groups excluding carboxylic acids is 2. The van der Waals surface area contributed by atoms with E-state index in [1.165, 1.54) is 6.07 Å². The molecule has 11 nitrogen and oxygen atoms in total. The van der Waals surface area contributed by atoms with E-state index >= 15 is 0 Å². The quantitative estimate of drug-likeness (QED) is 0.253. The van der Waals surface area contributed by atoms with Crippen LogP contribution < -0.4 is 9.47 Å². The predicted molar refractivity (Wildman–Crippen MR) is 147 cm³/mol. The lowest BCUT2D eigenvalue weighted by atomic mass is 9.71. The molecule has 1 aliphatic heterocycles. The van der Waals surface area contributed by atoms with Gasteiger partial charge in [-0.05, 0) is 72.3 Å². The van der Waals surface area contributed by atoms with Crippen molar-refractivity contribution in [2.75, 3.05) is 13.7 Å². The monoisotopic (exact) mass is 611 g/mol. The topological polar surface area (TPSA) is 142 Å². The molecule has 0 spiro atoms. The SMILES string of the molecule is CCOc1cc(C2C3=C(CCCC3=O)N(C)C3=C2C(=O)CCC3)cc(Br)c1Oc1ccc([N+](=O)[O-])cc1[N+](=O)[O-]. The van der Waals surface area contributed by atoms with Gasteiger partial charge in [-0.3, -0.25) is 29.8 Å². The highest BCUT2D eigenvalue weighted by Crippen LogP contribution is 2.51. The number of ketones is 2. The van der Waals surface area contributed by atoms with Crippen LogP contribution in [0, 0.1) is 20.2 Å². The molecule has 12 heteroatoms. The Morgan fingerprint density at radius 3 is 2.10 bits per heavy atom. The van der Waals surface area contributed by atoms with Crippen LogP contribution in [0.1, 0.15) is 56.9 Å². The van der Waals surface area contributed by atoms with Crippen LogP contribution in [0.5, 0.6) is 17.2 Å². The number of rotatable bonds is 7. The van der Waals surface area contributed by atoms with Crippen LogP contribution in [-0.2, 0) is 9.59 Å². The molecule has 2 aromatic rings. The van der Waals surface area contributed by atoms with E-state index in [0.717, 1.165) is 49.2 Å². The summed E-state index contributed by atoms with van der Waals surface area (Å²) in [6.45, 7) is 2.01. The molecule has 5 rings (SSSR count). The summed E-state index contributed by atoms with van der Waals surface area (Å²) in [5, 5.41) is 22.8. The zero-order valence-electron chi connectivity index (χ0n) is 21.9. The predicted octanol–water partition coefficient (Wildman–Crippen LogP) is 6.50. The number of non-ortho nitro benzene ring substituents is 1. The molecule has 0 aromatic heterocycles. The van der Waals surface area contributed by atoms with Crippen LogP contribution in [-0.4, -0.2) is 40.0 Å². The van der Waals surface area contributed by atoms with Crippen molar-refractivity contribution in [3.05, 3.63) is 83.1 Å². The Kier molecular flexibility index (Phi) is 7.45. The van der Waals surface area contributed by atoms with Gasteiger partial charge < -0.3 is 14.4 Å². The van der Waals surface area contributed by atoms with Crippen LogP contribution in [0.15, 0.2) is 57.3 Å². The molecule has 2 aliphatic carbocycles. The lowest BCUT2D eigenvalue weighted by Crippen LogP contribution is -2.37. The lowest BCUT2D eigenvalue weighted by molar-refractivity contribution is -0.394. The molecule has 2 aromatic carbocycles. The Bertz CT molecular complexity index is 1490. The Labute approximate surface area is 237 Å². The van der Waals surface area contributed by atoms with Crippen LogP contribution in [0.2, 0.25) is 0 Å². The van der Waals surface area contributed by atoms with Crippen molar-refractivity contribution in [2.45, 2.75) is 51.4 Å². The van der Waals surface area contributed by atoms with Gasteiger partial charge in [-0.15, -0.1) is 0 Å². The lowest BCUT2D eigenvalue weighted by Gasteiger charge is -2.42. The molecular formula is C28H26BrN3O8. The molecular weight excluding hydrogens is 586 g/mol. The zero-order chi connectivity index (χ0) is 28.7. The summed E-state index contributed by atoms with van der Waals surface area (Å²) in [5.74, 6) is -0.375. The van der Waals surface area contributed by atoms with E-state index in [9.17, 15) is 29.8 Å². The minimum absolute atomic E-state index is 0.0129. The van der Waals surface area contributed by atoms with E-state index in [4.69, 9.17) is 9.47 Å². The van der Waals surface area contributed by atoms with Gasteiger partial charge >= 0.3 is 5.69 Å². The third-order valence-electron chi connectivity index (χ3n) is 7.47. The summed E-state index contributed by atoms with van der Waals surface area (Å²) in [6, 6.07) is 6.56. The van der Waals surface area contributed by atoms with Gasteiger partial charge in [0.1, 0.15) is 0 Å². The number of nitrogens with zero attached hydrogens (tertiary/aromatic N) is 3. The van der Waals surface area contributed by atoms with Crippen molar-refractivity contribution in [1.29, 1.82) is 0 Å². The summed E-state index contributed by atoms with van der Waals surface area (Å²) >= 11 is 3.51. The van der Waals surface area contributed by atoms with E-state index in [2.05, 4.69) is 15.9 Å². The second-order valence-electron chi connectivity index (χ2n) is 9.80. The summed E-state index contributed by atoms with van der Waals surface area (Å²) < 4.78 is 12.2. The fraction of sp³-hybridized carbons (Fsp3) is 0.357. The van der Waals surface area contributed by atoms with Crippen LogP contribution in [0.4, 0.5) is 11.4 Å². The smallest absolute Gasteiger partial charge is 0.318 e. The maximum atomic E-state index is 13.3. The van der Waals surface area contributed by atoms with Gasteiger partial charge in [0.25, 0.3) is 5.69 Å². The first-order chi connectivity index (χ1) is 19.1. The number of allylic oxidation sites excluding steroid dienone is 4. The fourth-order valence-corrected chi connectivity index (χ4v) is 6.30. The number of nitro groups is 2. The molecule has 0 atom stereocenters. The van der Waals surface area contributed by atoms with Crippen LogP contribution in [0.25, 0.3) is 0 Å². The number of ether oxygens (including phenoxy) is 2. The molecule has 208 valence electrons. The molecule has 1 heterocycles. The van der Waals surface area contributed by atoms with E-state index in [1.54, 1.807) is 19.1 Å². The van der Waals surface area contributed by atoms with Crippen molar-refractivity contribution < 1.29 is 28.9 Å². The van der Waals surface area contributed by atoms with E-state index in [1.807, 2.05) is 11.9 Å². The molecule has 3 aliphatic rings. The van der Waals surface area contributed by atoms with Gasteiger partial charge in [-0.25, -0.2) is 0 Å². The number of Topliss-reactive ketones (excluding diaryl/α,β-unsaturated/α-hetero) is 2. The first kappa shape index (κ1) is 27.5. The second kappa shape index (κ2) is 10.8. The molecule has 0 saturated heterocycles. The maximum absolute atomic E-state index is 13.3. The highest BCUT2D eigenvalue weighted by atomic mass is 79.9. The van der Waals surface area contributed by atoms with Crippen molar-refractivity contribution in [3.63, 3.8) is 0 Å². The highest BCUT2D eigenvalue weighted by Gasteiger charge is 2.42. The molecule has 0 saturated carbocycles. The van der Waals surface area contributed by atoms with Crippen molar-refractivity contribution in [1.82, 2.24) is 4.90 Å². The average Bonchev–Trinajstić information content (AvgIpc) is 2.91. The van der Waals surface area contributed by atoms with Gasteiger partial charge in [0.2, 0.25) is 5.75 Å². The van der Waals surface area contributed by atoms with Crippen molar-refractivity contribution in [3.8, 4) is 17.2 Å². The molecule has 0 radical (unpaired) electrons. The number of hydrogen-bond acceptors (Lipinski definition) is 9. The summed E-state index contributed by atoms with van der Waals surface area (Å²) in [7, 11) is 1.92. The van der Waals surface area contributed by atoms with Crippen molar-refractivity contribution >= 4 is 38.9 Å². The maximum Gasteiger partial charge on any atom is 0.318 e. The number of benzene rings is 2. The van der Waals surface area contributed by atoms with E-state index in [-0.39, 0.29) is 35.4 Å². The third-order valence-corrected chi connectivity index (χ3v) is 8.06. The largest absolute Gasteiger partial charge is 0.490 e. The van der Waals surface area contributed by atoms with Gasteiger partial charge in [0.05, 0.1) is 27.0 Å². The minimum Gasteiger partial charge on any atom is -0.490 e. The van der Waals surface area contributed by atoms with Gasteiger partial charge in [0, 0.05) is 54.4 Å². The fourth-order valence-electron chi connectivity index (χ4n) is 5.76. The summed E-state index contributed by atoms with van der Waals surface area (Å²) in [5.41, 5.74) is 2.76. The second-order valence-corrected chi connectivity index (χ2v) is 10.7. The van der Waals surface area contributed by atoms with E-state index < -0.39 is 27.1 Å². The molecule has 0 fully saturated rings. The molecule has 0 unspecified atom stereocenters. The third kappa shape index (κ3) is 4.76. The summed E-state index contributed by atoms with van der Waals surface area (Å²) in [6.07, 6.45) is 3.79. The standard InChI is InChI=1S/C28H26BrN3O8/c1-3-39-24-13-15(12-17(29)28(24)40-23-11-10-16(31(35)36)14-20(23)32(37)38)25-26-18(6-4-8-21(26)33)30(2)19-7-5-9-22(34)27(19)25/h10-14,25H,3-9H2,1-2H3. The number of nitro benzene ring substituents is 2. The number of hydrogen-bond donors (Lipinski definition) is 0. The average molecular weight is 612 g/mol. The molecule has 0 N–H and O–H groups in total. The Morgan fingerprint density at radius 2 is 1.55 bits per heavy atom. The van der Waals surface area contributed by atoms with Gasteiger partial charge in [-0.1, -0.05) is 0 Å². The van der Waals surface area contributed by atoms with Gasteiger partial charge in [-0.2, -0.15) is 0 Å². The zero-order valence-corrected chi connectivity index (χ0v) is 23.5. The molecule has 0 amide bonds. The summed E-state index contributed by atoms with van der Waals surface area (Å²) in [4.78, 5) is 50.0. The van der Waals surface area contributed by atoms with E-state index in [0.29, 0.717) is 34.0 Å². The normalized spacial score (nSPS) is 17.5. The van der Waals surface area contributed by atoms with Crippen molar-refractivity contribution in [2.24, 2.45) is 0 Å². The Balaban J connectivity index is 1.65. The van der Waals surface area contributed by atoms with Crippen LogP contribution >= 0.6 is 15.9 Å². The Hall–Kier alpha value is -4.06. The first-order valence-electron chi connectivity index (χ1n) is 13.0. The van der Waals surface area contributed by atoms with Crippen LogP contribution in [0.3, 0.4) is 0 Å². The number of halogens is 1. The minimum atomic E-state index is -0.755. The molecule has 40 heavy (non-hydrogen) atoms. The first-order valence-corrected chi connectivity index (χ1v) is 13.7.